The van der Waals surface area contributed by atoms with Crippen molar-refractivity contribution in [2.75, 3.05) is 7.11 Å². The van der Waals surface area contributed by atoms with E-state index in [4.69, 9.17) is 10.6 Å². The number of nitrogens with zero attached hydrogens (tertiary/aromatic N) is 2. The number of nitrogens with one attached hydrogen (secondary N) is 1. The number of nitrogens with two attached hydrogens (primary N) is 1. The van der Waals surface area contributed by atoms with Crippen LogP contribution in [-0.4, -0.2) is 28.3 Å². The maximum atomic E-state index is 5.97. The average Bonchev–Trinajstić information content (AvgIpc) is 2.92. The minimum Gasteiger partial charge on any atom is -0.377 e. The summed E-state index contributed by atoms with van der Waals surface area (Å²) in [7, 11) is 1.82. The van der Waals surface area contributed by atoms with Crippen LogP contribution in [0, 0.1) is 5.92 Å². The Hall–Kier alpha value is -0.910. The molecule has 0 bridgehead atoms. The van der Waals surface area contributed by atoms with E-state index in [1.807, 2.05) is 13.3 Å². The lowest BCUT2D eigenvalue weighted by Gasteiger charge is -2.44. The molecule has 2 rings (SSSR count). The highest BCUT2D eigenvalue weighted by Gasteiger charge is 2.42. The molecular formula is C16H30N4O. The van der Waals surface area contributed by atoms with Gasteiger partial charge in [-0.05, 0) is 25.2 Å². The fourth-order valence-electron chi connectivity index (χ4n) is 3.74. The average molecular weight is 294 g/mol. The van der Waals surface area contributed by atoms with Crippen LogP contribution >= 0.6 is 0 Å². The second-order valence-corrected chi connectivity index (χ2v) is 6.43. The molecule has 120 valence electrons. The minimum atomic E-state index is -0.171. The molecule has 0 spiro atoms. The van der Waals surface area contributed by atoms with E-state index < -0.39 is 0 Å². The Morgan fingerprint density at radius 3 is 3.05 bits per heavy atom. The summed E-state index contributed by atoms with van der Waals surface area (Å²) in [6.45, 7) is 5.49. The van der Waals surface area contributed by atoms with E-state index in [2.05, 4.69) is 35.0 Å². The lowest BCUT2D eigenvalue weighted by atomic mass is 9.74. The summed E-state index contributed by atoms with van der Waals surface area (Å²) in [5, 5.41) is 0. The van der Waals surface area contributed by atoms with Gasteiger partial charge in [0.05, 0.1) is 11.6 Å². The van der Waals surface area contributed by atoms with Crippen molar-refractivity contribution in [3.8, 4) is 0 Å². The minimum absolute atomic E-state index is 0.100. The van der Waals surface area contributed by atoms with Crippen LogP contribution in [-0.2, 0) is 17.7 Å². The molecule has 0 saturated heterocycles. The van der Waals surface area contributed by atoms with Crippen molar-refractivity contribution in [2.24, 2.45) is 11.8 Å². The Balaban J connectivity index is 2.15. The Morgan fingerprint density at radius 1 is 1.62 bits per heavy atom. The van der Waals surface area contributed by atoms with E-state index in [0.29, 0.717) is 5.92 Å². The number of rotatable bonds is 7. The summed E-state index contributed by atoms with van der Waals surface area (Å²) in [5.74, 6) is 7.66. The molecule has 3 unspecified atom stereocenters. The zero-order chi connectivity index (χ0) is 15.3. The topological polar surface area (TPSA) is 65.1 Å². The molecule has 1 fully saturated rings. The van der Waals surface area contributed by atoms with Crippen molar-refractivity contribution in [1.29, 1.82) is 0 Å². The van der Waals surface area contributed by atoms with Gasteiger partial charge in [0.1, 0.15) is 5.82 Å². The maximum Gasteiger partial charge on any atom is 0.110 e. The van der Waals surface area contributed by atoms with Gasteiger partial charge in [0, 0.05) is 32.5 Å². The van der Waals surface area contributed by atoms with Crippen molar-refractivity contribution in [1.82, 2.24) is 15.0 Å². The molecule has 1 aliphatic rings. The first kappa shape index (κ1) is 16.5. The van der Waals surface area contributed by atoms with Gasteiger partial charge in [-0.3, -0.25) is 11.3 Å². The normalized spacial score (nSPS) is 27.7. The third-order valence-electron chi connectivity index (χ3n) is 4.89. The zero-order valence-electron chi connectivity index (χ0n) is 13.6. The number of ether oxygens (including phenoxy) is 1. The zero-order valence-corrected chi connectivity index (χ0v) is 13.6. The molecule has 0 aliphatic heterocycles. The molecule has 0 radical (unpaired) electrons. The summed E-state index contributed by atoms with van der Waals surface area (Å²) in [5.41, 5.74) is 2.84. The van der Waals surface area contributed by atoms with Crippen LogP contribution in [0.1, 0.15) is 51.8 Å². The van der Waals surface area contributed by atoms with Crippen molar-refractivity contribution in [3.05, 3.63) is 18.2 Å². The molecule has 5 nitrogen and oxygen atoms in total. The fraction of sp³-hybridized carbons (Fsp3) is 0.812. The lowest BCUT2D eigenvalue weighted by molar-refractivity contribution is -0.0796. The van der Waals surface area contributed by atoms with Crippen LogP contribution in [0.15, 0.2) is 12.4 Å². The monoisotopic (exact) mass is 294 g/mol. The summed E-state index contributed by atoms with van der Waals surface area (Å²) in [6.07, 6.45) is 10.5. The molecular weight excluding hydrogens is 264 g/mol. The predicted octanol–water partition coefficient (Wildman–Crippen LogP) is 2.26. The number of hydrogen-bond acceptors (Lipinski definition) is 4. The Labute approximate surface area is 128 Å². The predicted molar refractivity (Wildman–Crippen MR) is 84.7 cm³/mol. The van der Waals surface area contributed by atoms with Gasteiger partial charge in [0.25, 0.3) is 0 Å². The van der Waals surface area contributed by atoms with Gasteiger partial charge in [-0.1, -0.05) is 26.7 Å². The van der Waals surface area contributed by atoms with Crippen LogP contribution in [0.4, 0.5) is 0 Å². The third kappa shape index (κ3) is 3.65. The molecule has 1 heterocycles. The van der Waals surface area contributed by atoms with Gasteiger partial charge >= 0.3 is 0 Å². The van der Waals surface area contributed by atoms with Crippen LogP contribution < -0.4 is 11.3 Å². The van der Waals surface area contributed by atoms with Crippen LogP contribution in [0.5, 0.6) is 0 Å². The van der Waals surface area contributed by atoms with Gasteiger partial charge in [-0.2, -0.15) is 0 Å². The third-order valence-corrected chi connectivity index (χ3v) is 4.89. The highest BCUT2D eigenvalue weighted by molar-refractivity contribution is 5.03. The number of hydrazine groups is 1. The first-order valence-corrected chi connectivity index (χ1v) is 8.16. The van der Waals surface area contributed by atoms with Gasteiger partial charge in [-0.25, -0.2) is 4.98 Å². The molecule has 1 aromatic rings. The first-order chi connectivity index (χ1) is 10.1. The van der Waals surface area contributed by atoms with E-state index in [1.54, 1.807) is 0 Å². The van der Waals surface area contributed by atoms with Crippen LogP contribution in [0.25, 0.3) is 0 Å². The Morgan fingerprint density at radius 2 is 2.43 bits per heavy atom. The number of methoxy groups -OCH3 is 1. The SMILES string of the molecule is CCCn1ccnc1CC(NN)C1(OC)CCCC(C)C1. The Bertz CT molecular complexity index is 434. The molecule has 0 aromatic carbocycles. The van der Waals surface area contributed by atoms with Crippen molar-refractivity contribution >= 4 is 0 Å². The van der Waals surface area contributed by atoms with Crippen LogP contribution in [0.2, 0.25) is 0 Å². The Kier molecular flexibility index (Phi) is 5.79. The largest absolute Gasteiger partial charge is 0.377 e. The molecule has 3 N–H and O–H groups in total. The maximum absolute atomic E-state index is 5.97. The standard InChI is InChI=1S/C16H30N4O/c1-4-9-20-10-8-18-15(20)11-14(19-17)16(21-3)7-5-6-13(2)12-16/h8,10,13-14,19H,4-7,9,11-12,17H2,1-3H3. The van der Waals surface area contributed by atoms with Gasteiger partial charge < -0.3 is 9.30 Å². The smallest absolute Gasteiger partial charge is 0.110 e. The van der Waals surface area contributed by atoms with E-state index in [-0.39, 0.29) is 11.6 Å². The van der Waals surface area contributed by atoms with Crippen molar-refractivity contribution < 1.29 is 4.74 Å². The molecule has 0 amide bonds. The van der Waals surface area contributed by atoms with Crippen molar-refractivity contribution in [3.63, 3.8) is 0 Å². The molecule has 21 heavy (non-hydrogen) atoms. The second kappa shape index (κ2) is 7.38. The summed E-state index contributed by atoms with van der Waals surface area (Å²) in [4.78, 5) is 4.51. The molecule has 1 saturated carbocycles. The molecule has 1 aliphatic carbocycles. The van der Waals surface area contributed by atoms with Gasteiger partial charge in [0.2, 0.25) is 0 Å². The fourth-order valence-corrected chi connectivity index (χ4v) is 3.74. The molecule has 3 atom stereocenters. The van der Waals surface area contributed by atoms with E-state index in [9.17, 15) is 0 Å². The highest BCUT2D eigenvalue weighted by atomic mass is 16.5. The summed E-state index contributed by atoms with van der Waals surface area (Å²) in [6, 6.07) is 0.100. The van der Waals surface area contributed by atoms with Gasteiger partial charge in [-0.15, -0.1) is 0 Å². The van der Waals surface area contributed by atoms with Crippen LogP contribution in [0.3, 0.4) is 0 Å². The molecule has 1 aromatic heterocycles. The van der Waals surface area contributed by atoms with Gasteiger partial charge in [0.15, 0.2) is 0 Å². The number of aryl methyl sites for hydroxylation is 1. The summed E-state index contributed by atoms with van der Waals surface area (Å²) >= 11 is 0. The lowest BCUT2D eigenvalue weighted by Crippen LogP contribution is -2.57. The molecule has 5 heteroatoms. The highest BCUT2D eigenvalue weighted by Crippen LogP contribution is 2.38. The van der Waals surface area contributed by atoms with E-state index >= 15 is 0 Å². The number of hydrogen-bond donors (Lipinski definition) is 2. The number of imidazole rings is 1. The van der Waals surface area contributed by atoms with Crippen molar-refractivity contribution in [2.45, 2.75) is 70.6 Å². The number of aromatic nitrogens is 2. The van der Waals surface area contributed by atoms with E-state index in [0.717, 1.165) is 38.1 Å². The van der Waals surface area contributed by atoms with E-state index in [1.165, 1.54) is 12.8 Å². The summed E-state index contributed by atoms with van der Waals surface area (Å²) < 4.78 is 8.19. The quantitative estimate of drug-likeness (QED) is 0.598. The second-order valence-electron chi connectivity index (χ2n) is 6.43. The first-order valence-electron chi connectivity index (χ1n) is 8.16.